The summed E-state index contributed by atoms with van der Waals surface area (Å²) in [4.78, 5) is 0. The van der Waals surface area contributed by atoms with Crippen LogP contribution in [0.5, 0.6) is 0 Å². The van der Waals surface area contributed by atoms with Crippen molar-refractivity contribution >= 4 is 0 Å². The van der Waals surface area contributed by atoms with Crippen LogP contribution in [0, 0.1) is 5.92 Å². The minimum atomic E-state index is 0.732. The van der Waals surface area contributed by atoms with Crippen LogP contribution < -0.4 is 0 Å². The van der Waals surface area contributed by atoms with Crippen molar-refractivity contribution in [2.24, 2.45) is 5.92 Å². The molecule has 0 aromatic carbocycles. The van der Waals surface area contributed by atoms with E-state index in [1.165, 1.54) is 38.5 Å². The first kappa shape index (κ1) is 18.4. The van der Waals surface area contributed by atoms with Crippen LogP contribution in [0.25, 0.3) is 0 Å². The largest absolute Gasteiger partial charge is 0.382 e. The summed E-state index contributed by atoms with van der Waals surface area (Å²) in [5.41, 5.74) is 3.24. The predicted octanol–water partition coefficient (Wildman–Crippen LogP) is 5.91. The van der Waals surface area contributed by atoms with Crippen molar-refractivity contribution in [1.29, 1.82) is 0 Å². The normalized spacial score (nSPS) is 16.1. The molecule has 0 aliphatic heterocycles. The molecule has 1 rings (SSSR count). The van der Waals surface area contributed by atoms with Gasteiger partial charge in [-0.15, -0.1) is 0 Å². The van der Waals surface area contributed by atoms with Crippen molar-refractivity contribution in [1.82, 2.24) is 0 Å². The minimum absolute atomic E-state index is 0.732. The summed E-state index contributed by atoms with van der Waals surface area (Å²) in [7, 11) is 0. The number of rotatable bonds is 7. The molecule has 0 radical (unpaired) electrons. The lowest BCUT2D eigenvalue weighted by atomic mass is 9.87. The third-order valence-corrected chi connectivity index (χ3v) is 3.48. The van der Waals surface area contributed by atoms with Gasteiger partial charge in [0.25, 0.3) is 0 Å². The first-order chi connectivity index (χ1) is 9.19. The van der Waals surface area contributed by atoms with Crippen LogP contribution in [0.2, 0.25) is 0 Å². The maximum atomic E-state index is 5.37. The summed E-state index contributed by atoms with van der Waals surface area (Å²) in [6.45, 7) is 12.7. The van der Waals surface area contributed by atoms with E-state index in [1.54, 1.807) is 11.1 Å². The Morgan fingerprint density at radius 1 is 1.11 bits per heavy atom. The summed E-state index contributed by atoms with van der Waals surface area (Å²) < 4.78 is 5.37. The summed E-state index contributed by atoms with van der Waals surface area (Å²) in [6, 6.07) is 0. The molecular weight excluding hydrogens is 232 g/mol. The summed E-state index contributed by atoms with van der Waals surface area (Å²) >= 11 is 0. The monoisotopic (exact) mass is 266 g/mol. The van der Waals surface area contributed by atoms with Crippen molar-refractivity contribution < 1.29 is 4.74 Å². The molecule has 1 aliphatic carbocycles. The van der Waals surface area contributed by atoms with Gasteiger partial charge in [0.15, 0.2) is 0 Å². The number of hydrogen-bond acceptors (Lipinski definition) is 1. The van der Waals surface area contributed by atoms with E-state index >= 15 is 0 Å². The molecule has 0 saturated carbocycles. The highest BCUT2D eigenvalue weighted by Gasteiger charge is 2.11. The molecule has 0 spiro atoms. The molecule has 1 atom stereocenters. The van der Waals surface area contributed by atoms with Crippen molar-refractivity contribution in [2.75, 3.05) is 13.2 Å². The molecule has 1 unspecified atom stereocenters. The van der Waals surface area contributed by atoms with E-state index in [0.29, 0.717) is 0 Å². The zero-order valence-electron chi connectivity index (χ0n) is 13.8. The Balaban J connectivity index is 0.000000982. The molecule has 0 aromatic rings. The zero-order valence-corrected chi connectivity index (χ0v) is 13.8. The predicted molar refractivity (Wildman–Crippen MR) is 86.5 cm³/mol. The minimum Gasteiger partial charge on any atom is -0.382 e. The van der Waals surface area contributed by atoms with Crippen molar-refractivity contribution in [3.63, 3.8) is 0 Å². The lowest BCUT2D eigenvalue weighted by molar-refractivity contribution is 0.141. The van der Waals surface area contributed by atoms with E-state index in [-0.39, 0.29) is 0 Å². The highest BCUT2D eigenvalue weighted by atomic mass is 16.5. The second kappa shape index (κ2) is 12.5. The Labute approximate surface area is 121 Å². The maximum Gasteiger partial charge on any atom is 0.0466 e. The van der Waals surface area contributed by atoms with Crippen LogP contribution in [-0.2, 0) is 4.74 Å². The van der Waals surface area contributed by atoms with Crippen LogP contribution in [0.15, 0.2) is 23.3 Å². The summed E-state index contributed by atoms with van der Waals surface area (Å²) in [6.07, 6.45) is 12.2. The highest BCUT2D eigenvalue weighted by molar-refractivity contribution is 5.25. The van der Waals surface area contributed by atoms with Gasteiger partial charge >= 0.3 is 0 Å². The Morgan fingerprint density at radius 2 is 1.79 bits per heavy atom. The SMILES string of the molecule is CCC.CCOCCCC(C)C1=CC=C(CC)CC1. The highest BCUT2D eigenvalue weighted by Crippen LogP contribution is 2.27. The third kappa shape index (κ3) is 9.04. The second-order valence-electron chi connectivity index (χ2n) is 5.37. The van der Waals surface area contributed by atoms with Crippen LogP contribution in [-0.4, -0.2) is 13.2 Å². The fraction of sp³-hybridized carbons (Fsp3) is 0.778. The zero-order chi connectivity index (χ0) is 14.5. The number of ether oxygens (including phenoxy) is 1. The Kier molecular flexibility index (Phi) is 12.1. The molecule has 1 nitrogen and oxygen atoms in total. The topological polar surface area (TPSA) is 9.23 Å². The van der Waals surface area contributed by atoms with Crippen LogP contribution in [0.3, 0.4) is 0 Å². The standard InChI is InChI=1S/C15H26O.C3H8/c1-4-14-8-10-15(11-9-14)13(3)7-6-12-16-5-2;1-3-2/h8,10,13H,4-7,9,11-12H2,1-3H3;3H2,1-2H3. The number of hydrogen-bond donors (Lipinski definition) is 0. The van der Waals surface area contributed by atoms with Crippen molar-refractivity contribution in [2.45, 2.75) is 73.1 Å². The van der Waals surface area contributed by atoms with Gasteiger partial charge in [-0.2, -0.15) is 0 Å². The van der Waals surface area contributed by atoms with Gasteiger partial charge in [-0.05, 0) is 44.9 Å². The summed E-state index contributed by atoms with van der Waals surface area (Å²) in [5, 5.41) is 0. The first-order valence-corrected chi connectivity index (χ1v) is 8.15. The smallest absolute Gasteiger partial charge is 0.0466 e. The first-order valence-electron chi connectivity index (χ1n) is 8.15. The van der Waals surface area contributed by atoms with Crippen LogP contribution >= 0.6 is 0 Å². The lowest BCUT2D eigenvalue weighted by Crippen LogP contribution is -2.05. The maximum absolute atomic E-state index is 5.37. The second-order valence-corrected chi connectivity index (χ2v) is 5.37. The van der Waals surface area contributed by atoms with Crippen LogP contribution in [0.1, 0.15) is 73.1 Å². The van der Waals surface area contributed by atoms with E-state index < -0.39 is 0 Å². The Morgan fingerprint density at radius 3 is 2.26 bits per heavy atom. The quantitative estimate of drug-likeness (QED) is 0.520. The van der Waals surface area contributed by atoms with E-state index in [2.05, 4.69) is 46.8 Å². The van der Waals surface area contributed by atoms with Gasteiger partial charge in [0.1, 0.15) is 0 Å². The molecule has 0 aromatic heterocycles. The molecule has 0 bridgehead atoms. The summed E-state index contributed by atoms with van der Waals surface area (Å²) in [5.74, 6) is 0.732. The van der Waals surface area contributed by atoms with Gasteiger partial charge in [0.05, 0.1) is 0 Å². The Hall–Kier alpha value is -0.560. The van der Waals surface area contributed by atoms with Gasteiger partial charge in [0.2, 0.25) is 0 Å². The molecule has 0 heterocycles. The Bertz CT molecular complexity index is 263. The number of allylic oxidation sites excluding steroid dienone is 4. The molecule has 0 amide bonds. The fourth-order valence-electron chi connectivity index (χ4n) is 2.22. The molecular formula is C18H34O. The third-order valence-electron chi connectivity index (χ3n) is 3.48. The van der Waals surface area contributed by atoms with Gasteiger partial charge in [-0.3, -0.25) is 0 Å². The van der Waals surface area contributed by atoms with Gasteiger partial charge in [-0.1, -0.05) is 57.4 Å². The van der Waals surface area contributed by atoms with E-state index in [0.717, 1.165) is 19.1 Å². The van der Waals surface area contributed by atoms with Gasteiger partial charge in [0, 0.05) is 13.2 Å². The van der Waals surface area contributed by atoms with Crippen molar-refractivity contribution in [3.05, 3.63) is 23.3 Å². The molecule has 0 fully saturated rings. The average Bonchev–Trinajstić information content (AvgIpc) is 2.44. The average molecular weight is 266 g/mol. The molecule has 112 valence electrons. The van der Waals surface area contributed by atoms with Gasteiger partial charge < -0.3 is 4.74 Å². The van der Waals surface area contributed by atoms with Crippen LogP contribution in [0.4, 0.5) is 0 Å². The molecule has 19 heavy (non-hydrogen) atoms. The van der Waals surface area contributed by atoms with E-state index in [4.69, 9.17) is 4.74 Å². The van der Waals surface area contributed by atoms with E-state index in [1.807, 2.05) is 0 Å². The molecule has 0 N–H and O–H groups in total. The molecule has 1 aliphatic rings. The molecule has 1 heteroatoms. The van der Waals surface area contributed by atoms with Crippen molar-refractivity contribution in [3.8, 4) is 0 Å². The fourth-order valence-corrected chi connectivity index (χ4v) is 2.22. The molecule has 0 saturated heterocycles. The lowest BCUT2D eigenvalue weighted by Gasteiger charge is -2.19. The van der Waals surface area contributed by atoms with Gasteiger partial charge in [-0.25, -0.2) is 0 Å². The van der Waals surface area contributed by atoms with E-state index in [9.17, 15) is 0 Å².